The lowest BCUT2D eigenvalue weighted by Gasteiger charge is -2.28. The highest BCUT2D eigenvalue weighted by atomic mass is 19.1. The van der Waals surface area contributed by atoms with E-state index in [0.717, 1.165) is 24.0 Å². The molecule has 0 N–H and O–H groups in total. The number of aromatic nitrogens is 1. The fraction of sp³-hybridized carbons (Fsp3) is 0.360. The van der Waals surface area contributed by atoms with Crippen LogP contribution in [0.25, 0.3) is 11.3 Å². The van der Waals surface area contributed by atoms with E-state index in [4.69, 9.17) is 9.26 Å². The number of hydrogen-bond acceptors (Lipinski definition) is 5. The van der Waals surface area contributed by atoms with E-state index in [1.165, 1.54) is 12.1 Å². The molecular formula is C25H26FN3O3. The molecule has 2 aliphatic rings. The minimum atomic E-state index is -0.304. The first-order valence-electron chi connectivity index (χ1n) is 11.1. The van der Waals surface area contributed by atoms with Gasteiger partial charge in [-0.2, -0.15) is 0 Å². The molecule has 0 unspecified atom stereocenters. The van der Waals surface area contributed by atoms with Crippen molar-refractivity contribution < 1.29 is 18.4 Å². The maximum atomic E-state index is 13.5. The molecule has 0 bridgehead atoms. The third-order valence-electron chi connectivity index (χ3n) is 6.02. The van der Waals surface area contributed by atoms with Gasteiger partial charge in [0.1, 0.15) is 11.5 Å². The van der Waals surface area contributed by atoms with E-state index < -0.39 is 0 Å². The summed E-state index contributed by atoms with van der Waals surface area (Å²) in [6.07, 6.45) is 2.28. The van der Waals surface area contributed by atoms with Crippen molar-refractivity contribution in [1.29, 1.82) is 0 Å². The van der Waals surface area contributed by atoms with Gasteiger partial charge in [0.15, 0.2) is 0 Å². The summed E-state index contributed by atoms with van der Waals surface area (Å²) in [7, 11) is 0. The van der Waals surface area contributed by atoms with Gasteiger partial charge in [0.05, 0.1) is 25.3 Å². The van der Waals surface area contributed by atoms with Crippen LogP contribution in [0.15, 0.2) is 59.1 Å². The fourth-order valence-electron chi connectivity index (χ4n) is 4.08. The van der Waals surface area contributed by atoms with E-state index in [9.17, 15) is 9.18 Å². The van der Waals surface area contributed by atoms with Crippen molar-refractivity contribution >= 4 is 11.8 Å². The number of anilines is 1. The number of morpholine rings is 1. The number of hydrogen-bond donors (Lipinski definition) is 0. The fourth-order valence-corrected chi connectivity index (χ4v) is 4.08. The van der Waals surface area contributed by atoms with Crippen molar-refractivity contribution in [3.63, 3.8) is 0 Å². The normalized spacial score (nSPS) is 16.2. The van der Waals surface area contributed by atoms with Gasteiger partial charge in [-0.1, -0.05) is 23.4 Å². The van der Waals surface area contributed by atoms with E-state index >= 15 is 0 Å². The second kappa shape index (κ2) is 9.12. The SMILES string of the molecule is O=C(c1ccccc1)N(Cc1c(-c2ccc(F)cc2)noc1N1CCOCC1)CC1CC1. The Morgan fingerprint density at radius 3 is 2.47 bits per heavy atom. The molecule has 2 heterocycles. The van der Waals surface area contributed by atoms with E-state index in [2.05, 4.69) is 10.1 Å². The molecule has 166 valence electrons. The average molecular weight is 435 g/mol. The lowest BCUT2D eigenvalue weighted by Crippen LogP contribution is -2.37. The Morgan fingerprint density at radius 1 is 1.06 bits per heavy atom. The molecule has 1 saturated carbocycles. The molecule has 7 heteroatoms. The summed E-state index contributed by atoms with van der Waals surface area (Å²) < 4.78 is 24.8. The van der Waals surface area contributed by atoms with Crippen LogP contribution in [0.5, 0.6) is 0 Å². The standard InChI is InChI=1S/C25H26FN3O3/c26-21-10-8-19(9-11-21)23-22(25(32-27-23)28-12-14-31-15-13-28)17-29(16-18-6-7-18)24(30)20-4-2-1-3-5-20/h1-5,8-11,18H,6-7,12-17H2. The summed E-state index contributed by atoms with van der Waals surface area (Å²) in [5.74, 6) is 0.886. The molecule has 0 radical (unpaired) electrons. The first-order valence-corrected chi connectivity index (χ1v) is 11.1. The van der Waals surface area contributed by atoms with Crippen LogP contribution in [0.2, 0.25) is 0 Å². The molecule has 5 rings (SSSR count). The zero-order valence-electron chi connectivity index (χ0n) is 17.9. The molecule has 1 amide bonds. The first kappa shape index (κ1) is 20.7. The summed E-state index contributed by atoms with van der Waals surface area (Å²) in [6, 6.07) is 15.6. The van der Waals surface area contributed by atoms with Crippen molar-refractivity contribution in [2.75, 3.05) is 37.7 Å². The van der Waals surface area contributed by atoms with E-state index in [0.29, 0.717) is 62.5 Å². The van der Waals surface area contributed by atoms with Crippen LogP contribution in [-0.4, -0.2) is 48.8 Å². The molecule has 0 atom stereocenters. The highest BCUT2D eigenvalue weighted by Crippen LogP contribution is 2.35. The monoisotopic (exact) mass is 435 g/mol. The Bertz CT molecular complexity index is 1060. The van der Waals surface area contributed by atoms with Crippen LogP contribution in [-0.2, 0) is 11.3 Å². The molecule has 1 aliphatic heterocycles. The zero-order chi connectivity index (χ0) is 21.9. The number of amides is 1. The third kappa shape index (κ3) is 4.53. The van der Waals surface area contributed by atoms with E-state index in [1.54, 1.807) is 12.1 Å². The highest BCUT2D eigenvalue weighted by molar-refractivity contribution is 5.94. The summed E-state index contributed by atoms with van der Waals surface area (Å²) in [5, 5.41) is 4.35. The Balaban J connectivity index is 1.51. The van der Waals surface area contributed by atoms with Gasteiger partial charge in [0, 0.05) is 30.8 Å². The van der Waals surface area contributed by atoms with Crippen LogP contribution < -0.4 is 4.90 Å². The largest absolute Gasteiger partial charge is 0.378 e. The highest BCUT2D eigenvalue weighted by Gasteiger charge is 2.31. The van der Waals surface area contributed by atoms with Crippen LogP contribution >= 0.6 is 0 Å². The minimum Gasteiger partial charge on any atom is -0.378 e. The summed E-state index contributed by atoms with van der Waals surface area (Å²) in [5.41, 5.74) is 2.93. The summed E-state index contributed by atoms with van der Waals surface area (Å²) >= 11 is 0. The molecular weight excluding hydrogens is 409 g/mol. The first-order chi connectivity index (χ1) is 15.7. The predicted molar refractivity (Wildman–Crippen MR) is 119 cm³/mol. The number of rotatable bonds is 7. The summed E-state index contributed by atoms with van der Waals surface area (Å²) in [6.45, 7) is 3.69. The van der Waals surface area contributed by atoms with Gasteiger partial charge in [-0.25, -0.2) is 4.39 Å². The number of nitrogens with zero attached hydrogens (tertiary/aromatic N) is 3. The second-order valence-electron chi connectivity index (χ2n) is 8.42. The van der Waals surface area contributed by atoms with Gasteiger partial charge in [0.25, 0.3) is 5.91 Å². The van der Waals surface area contributed by atoms with Crippen molar-refractivity contribution in [3.8, 4) is 11.3 Å². The second-order valence-corrected chi connectivity index (χ2v) is 8.42. The number of ether oxygens (including phenoxy) is 1. The Labute approximate surface area is 186 Å². The topological polar surface area (TPSA) is 58.8 Å². The molecule has 1 aromatic heterocycles. The minimum absolute atomic E-state index is 0.00307. The molecule has 6 nitrogen and oxygen atoms in total. The van der Waals surface area contributed by atoms with Crippen LogP contribution in [0.4, 0.5) is 10.3 Å². The van der Waals surface area contributed by atoms with Crippen LogP contribution in [0, 0.1) is 11.7 Å². The van der Waals surface area contributed by atoms with Crippen molar-refractivity contribution in [2.45, 2.75) is 19.4 Å². The molecule has 0 spiro atoms. The molecule has 32 heavy (non-hydrogen) atoms. The number of carbonyl (C=O) groups is 1. The van der Waals surface area contributed by atoms with E-state index in [1.807, 2.05) is 35.2 Å². The van der Waals surface area contributed by atoms with Gasteiger partial charge in [0.2, 0.25) is 5.88 Å². The molecule has 1 aliphatic carbocycles. The Hall–Kier alpha value is -3.19. The average Bonchev–Trinajstić information content (AvgIpc) is 3.57. The molecule has 2 aromatic carbocycles. The summed E-state index contributed by atoms with van der Waals surface area (Å²) in [4.78, 5) is 17.4. The predicted octanol–water partition coefficient (Wildman–Crippen LogP) is 4.37. The molecule has 3 aromatic rings. The number of carbonyl (C=O) groups excluding carboxylic acids is 1. The Morgan fingerprint density at radius 2 is 1.78 bits per heavy atom. The van der Waals surface area contributed by atoms with Crippen LogP contribution in [0.3, 0.4) is 0 Å². The van der Waals surface area contributed by atoms with Gasteiger partial charge >= 0.3 is 0 Å². The quantitative estimate of drug-likeness (QED) is 0.552. The van der Waals surface area contributed by atoms with Gasteiger partial charge in [-0.05, 0) is 55.2 Å². The van der Waals surface area contributed by atoms with Crippen molar-refractivity contribution in [3.05, 3.63) is 71.5 Å². The van der Waals surface area contributed by atoms with E-state index in [-0.39, 0.29) is 11.7 Å². The maximum Gasteiger partial charge on any atom is 0.254 e. The smallest absolute Gasteiger partial charge is 0.254 e. The molecule has 2 fully saturated rings. The lowest BCUT2D eigenvalue weighted by molar-refractivity contribution is 0.0734. The van der Waals surface area contributed by atoms with Crippen LogP contribution in [0.1, 0.15) is 28.8 Å². The number of benzene rings is 2. The lowest BCUT2D eigenvalue weighted by atomic mass is 10.1. The molecule has 1 saturated heterocycles. The van der Waals surface area contributed by atoms with Crippen molar-refractivity contribution in [1.82, 2.24) is 10.1 Å². The van der Waals surface area contributed by atoms with Gasteiger partial charge in [-0.15, -0.1) is 0 Å². The maximum absolute atomic E-state index is 13.5. The van der Waals surface area contributed by atoms with Crippen molar-refractivity contribution in [2.24, 2.45) is 5.92 Å². The number of halogens is 1. The van der Waals surface area contributed by atoms with Gasteiger partial charge in [-0.3, -0.25) is 4.79 Å². The Kier molecular flexibility index (Phi) is 5.90. The third-order valence-corrected chi connectivity index (χ3v) is 6.02. The zero-order valence-corrected chi connectivity index (χ0v) is 17.9. The van der Waals surface area contributed by atoms with Gasteiger partial charge < -0.3 is 19.1 Å².